The maximum atomic E-state index is 6.06. The zero-order valence-electron chi connectivity index (χ0n) is 12.9. The van der Waals surface area contributed by atoms with Gasteiger partial charge in [0.05, 0.1) is 11.9 Å². The lowest BCUT2D eigenvalue weighted by Gasteiger charge is -2.22. The molecule has 0 radical (unpaired) electrons. The van der Waals surface area contributed by atoms with Crippen molar-refractivity contribution in [2.24, 2.45) is 10.7 Å². The highest BCUT2D eigenvalue weighted by atomic mass is 14.9. The van der Waals surface area contributed by atoms with Crippen LogP contribution in [0, 0.1) is 13.8 Å². The average molecular weight is 258 g/mol. The van der Waals surface area contributed by atoms with E-state index >= 15 is 0 Å². The highest BCUT2D eigenvalue weighted by molar-refractivity contribution is 5.83. The van der Waals surface area contributed by atoms with E-state index in [0.29, 0.717) is 6.04 Å². The molecule has 1 saturated carbocycles. The van der Waals surface area contributed by atoms with E-state index < -0.39 is 0 Å². The summed E-state index contributed by atoms with van der Waals surface area (Å²) in [6.07, 6.45) is 3.21. The molecular formula is C17H26N2. The van der Waals surface area contributed by atoms with Crippen LogP contribution in [0.4, 0.5) is 0 Å². The van der Waals surface area contributed by atoms with Crippen molar-refractivity contribution in [1.29, 1.82) is 0 Å². The van der Waals surface area contributed by atoms with Crippen molar-refractivity contribution in [3.63, 3.8) is 0 Å². The van der Waals surface area contributed by atoms with E-state index in [1.54, 1.807) is 0 Å². The van der Waals surface area contributed by atoms with Crippen molar-refractivity contribution in [1.82, 2.24) is 0 Å². The van der Waals surface area contributed by atoms with Gasteiger partial charge >= 0.3 is 0 Å². The first kappa shape index (κ1) is 14.1. The summed E-state index contributed by atoms with van der Waals surface area (Å²) < 4.78 is 0. The van der Waals surface area contributed by atoms with Crippen LogP contribution in [0.1, 0.15) is 55.9 Å². The van der Waals surface area contributed by atoms with E-state index in [-0.39, 0.29) is 5.41 Å². The molecular weight excluding hydrogens is 232 g/mol. The second-order valence-electron chi connectivity index (χ2n) is 6.87. The Morgan fingerprint density at radius 3 is 2.16 bits per heavy atom. The predicted octanol–water partition coefficient (Wildman–Crippen LogP) is 3.66. The third kappa shape index (κ3) is 3.59. The quantitative estimate of drug-likeness (QED) is 0.652. The number of benzene rings is 1. The van der Waals surface area contributed by atoms with E-state index in [2.05, 4.69) is 51.7 Å². The Bertz CT molecular complexity index is 479. The summed E-state index contributed by atoms with van der Waals surface area (Å²) in [7, 11) is 0. The molecule has 1 aromatic carbocycles. The van der Waals surface area contributed by atoms with E-state index in [1.165, 1.54) is 35.1 Å². The van der Waals surface area contributed by atoms with E-state index in [1.807, 2.05) is 0 Å². The maximum Gasteiger partial charge on any atom is 0.0985 e. The van der Waals surface area contributed by atoms with Gasteiger partial charge in [-0.3, -0.25) is 4.99 Å². The van der Waals surface area contributed by atoms with E-state index in [0.717, 1.165) is 12.3 Å². The molecule has 0 aliphatic heterocycles. The lowest BCUT2D eigenvalue weighted by molar-refractivity contribution is 0.589. The molecule has 0 aromatic heterocycles. The molecule has 1 aliphatic rings. The summed E-state index contributed by atoms with van der Waals surface area (Å²) >= 11 is 0. The number of nitrogens with two attached hydrogens (primary N) is 1. The Hall–Kier alpha value is -1.31. The van der Waals surface area contributed by atoms with Crippen molar-refractivity contribution in [3.8, 4) is 0 Å². The SMILES string of the molecule is Cc1cc(C(C)(C)C)cc(C)c1CC(N)=NC1CC1. The number of aliphatic imine (C=N–C) groups is 1. The lowest BCUT2D eigenvalue weighted by atomic mass is 9.83. The molecule has 2 N–H and O–H groups in total. The Morgan fingerprint density at radius 2 is 1.74 bits per heavy atom. The largest absolute Gasteiger partial charge is 0.387 e. The van der Waals surface area contributed by atoms with Crippen LogP contribution < -0.4 is 5.73 Å². The van der Waals surface area contributed by atoms with Gasteiger partial charge < -0.3 is 5.73 Å². The Balaban J connectivity index is 2.26. The molecule has 19 heavy (non-hydrogen) atoms. The highest BCUT2D eigenvalue weighted by Gasteiger charge is 2.21. The van der Waals surface area contributed by atoms with Gasteiger partial charge in [-0.25, -0.2) is 0 Å². The van der Waals surface area contributed by atoms with Crippen LogP contribution in [0.2, 0.25) is 0 Å². The summed E-state index contributed by atoms with van der Waals surface area (Å²) in [4.78, 5) is 4.53. The Labute approximate surface area is 117 Å². The van der Waals surface area contributed by atoms with Gasteiger partial charge in [0, 0.05) is 6.42 Å². The minimum Gasteiger partial charge on any atom is -0.387 e. The minimum atomic E-state index is 0.196. The summed E-state index contributed by atoms with van der Waals surface area (Å²) in [5.41, 5.74) is 11.7. The number of rotatable bonds is 3. The van der Waals surface area contributed by atoms with Crippen molar-refractivity contribution in [2.45, 2.75) is 65.3 Å². The minimum absolute atomic E-state index is 0.196. The van der Waals surface area contributed by atoms with Gasteiger partial charge in [0.15, 0.2) is 0 Å². The number of aryl methyl sites for hydroxylation is 2. The third-order valence-corrected chi connectivity index (χ3v) is 3.82. The van der Waals surface area contributed by atoms with Gasteiger partial charge in [-0.05, 0) is 54.4 Å². The molecule has 1 aliphatic carbocycles. The number of nitrogens with zero attached hydrogens (tertiary/aromatic N) is 1. The average Bonchev–Trinajstić information content (AvgIpc) is 3.05. The summed E-state index contributed by atoms with van der Waals surface area (Å²) in [5.74, 6) is 0.789. The molecule has 2 heteroatoms. The van der Waals surface area contributed by atoms with Gasteiger partial charge in [-0.1, -0.05) is 32.9 Å². The van der Waals surface area contributed by atoms with Gasteiger partial charge in [-0.2, -0.15) is 0 Å². The van der Waals surface area contributed by atoms with Crippen LogP contribution in [0.25, 0.3) is 0 Å². The standard InChI is InChI=1S/C17H26N2/c1-11-8-13(17(3,4)5)9-12(2)15(11)10-16(18)19-14-6-7-14/h8-9,14H,6-7,10H2,1-5H3,(H2,18,19). The van der Waals surface area contributed by atoms with Crippen LogP contribution in [0.3, 0.4) is 0 Å². The van der Waals surface area contributed by atoms with Crippen molar-refractivity contribution in [3.05, 3.63) is 34.4 Å². The molecule has 1 fully saturated rings. The molecule has 104 valence electrons. The topological polar surface area (TPSA) is 38.4 Å². The summed E-state index contributed by atoms with van der Waals surface area (Å²) in [5, 5.41) is 0. The van der Waals surface area contributed by atoms with Crippen LogP contribution in [0.5, 0.6) is 0 Å². The first-order valence-electron chi connectivity index (χ1n) is 7.20. The van der Waals surface area contributed by atoms with Crippen LogP contribution >= 0.6 is 0 Å². The smallest absolute Gasteiger partial charge is 0.0985 e. The fourth-order valence-corrected chi connectivity index (χ4v) is 2.37. The zero-order chi connectivity index (χ0) is 14.2. The third-order valence-electron chi connectivity index (χ3n) is 3.82. The predicted molar refractivity (Wildman–Crippen MR) is 83.0 cm³/mol. The molecule has 0 bridgehead atoms. The number of amidine groups is 1. The van der Waals surface area contributed by atoms with E-state index in [4.69, 9.17) is 5.73 Å². The van der Waals surface area contributed by atoms with E-state index in [9.17, 15) is 0 Å². The fourth-order valence-electron chi connectivity index (χ4n) is 2.37. The molecule has 1 aromatic rings. The van der Waals surface area contributed by atoms with Crippen molar-refractivity contribution < 1.29 is 0 Å². The molecule has 0 atom stereocenters. The summed E-state index contributed by atoms with van der Waals surface area (Å²) in [6, 6.07) is 5.11. The molecule has 0 amide bonds. The maximum absolute atomic E-state index is 6.06. The summed E-state index contributed by atoms with van der Waals surface area (Å²) in [6.45, 7) is 11.1. The van der Waals surface area contributed by atoms with Crippen molar-refractivity contribution in [2.75, 3.05) is 0 Å². The molecule has 2 nitrogen and oxygen atoms in total. The highest BCUT2D eigenvalue weighted by Crippen LogP contribution is 2.28. The fraction of sp³-hybridized carbons (Fsp3) is 0.588. The molecule has 2 rings (SSSR count). The first-order valence-corrected chi connectivity index (χ1v) is 7.20. The number of hydrogen-bond acceptors (Lipinski definition) is 1. The van der Waals surface area contributed by atoms with Gasteiger partial charge in [-0.15, -0.1) is 0 Å². The van der Waals surface area contributed by atoms with Crippen LogP contribution in [0.15, 0.2) is 17.1 Å². The Kier molecular flexibility index (Phi) is 3.71. The van der Waals surface area contributed by atoms with Gasteiger partial charge in [0.25, 0.3) is 0 Å². The zero-order valence-corrected chi connectivity index (χ0v) is 12.9. The van der Waals surface area contributed by atoms with Gasteiger partial charge in [0.1, 0.15) is 0 Å². The normalized spacial score (nSPS) is 16.8. The van der Waals surface area contributed by atoms with Gasteiger partial charge in [0.2, 0.25) is 0 Å². The molecule has 0 saturated heterocycles. The molecule has 0 unspecified atom stereocenters. The van der Waals surface area contributed by atoms with Crippen molar-refractivity contribution >= 4 is 5.84 Å². The Morgan fingerprint density at radius 1 is 1.21 bits per heavy atom. The number of hydrogen-bond donors (Lipinski definition) is 1. The lowest BCUT2D eigenvalue weighted by Crippen LogP contribution is -2.18. The molecule has 0 spiro atoms. The first-order chi connectivity index (χ1) is 8.77. The second kappa shape index (κ2) is 4.99. The van der Waals surface area contributed by atoms with Crippen LogP contribution in [-0.2, 0) is 11.8 Å². The monoisotopic (exact) mass is 258 g/mol. The molecule has 0 heterocycles. The van der Waals surface area contributed by atoms with Crippen LogP contribution in [-0.4, -0.2) is 11.9 Å². The second-order valence-corrected chi connectivity index (χ2v) is 6.87.